The average molecular weight is 421 g/mol. The summed E-state index contributed by atoms with van der Waals surface area (Å²) in [6.07, 6.45) is 0.890. The maximum atomic E-state index is 12.2. The molecule has 0 saturated carbocycles. The van der Waals surface area contributed by atoms with E-state index in [1.807, 2.05) is 25.5 Å². The van der Waals surface area contributed by atoms with Crippen molar-refractivity contribution in [1.82, 2.24) is 14.9 Å². The molecule has 2 heterocycles. The summed E-state index contributed by atoms with van der Waals surface area (Å²) >= 11 is 1.67. The Labute approximate surface area is 169 Å². The molecule has 7 nitrogen and oxygen atoms in total. The Morgan fingerprint density at radius 3 is 2.75 bits per heavy atom. The van der Waals surface area contributed by atoms with Crippen LogP contribution in [-0.4, -0.2) is 52.2 Å². The van der Waals surface area contributed by atoms with Crippen LogP contribution in [-0.2, 0) is 14.8 Å². The van der Waals surface area contributed by atoms with Gasteiger partial charge in [-0.2, -0.15) is 0 Å². The van der Waals surface area contributed by atoms with Gasteiger partial charge in [0.05, 0.1) is 10.9 Å². The molecule has 3 rings (SSSR count). The molecule has 1 atom stereocenters. The minimum absolute atomic E-state index is 0.0315. The van der Waals surface area contributed by atoms with Crippen molar-refractivity contribution >= 4 is 33.1 Å². The SMILES string of the molecule is CN(C)[C@@H](CNC(=O)CCCN=C1NS(=O)(=O)c2ccccc21)c1cccs1. The van der Waals surface area contributed by atoms with E-state index in [9.17, 15) is 13.2 Å². The fourth-order valence-corrected chi connectivity index (χ4v) is 5.17. The highest BCUT2D eigenvalue weighted by atomic mass is 32.2. The zero-order valence-corrected chi connectivity index (χ0v) is 17.5. The Morgan fingerprint density at radius 1 is 1.25 bits per heavy atom. The van der Waals surface area contributed by atoms with Crippen molar-refractivity contribution in [2.45, 2.75) is 23.8 Å². The fraction of sp³-hybridized carbons (Fsp3) is 0.368. The number of benzene rings is 1. The summed E-state index contributed by atoms with van der Waals surface area (Å²) in [5.74, 6) is 0.317. The minimum atomic E-state index is -3.52. The van der Waals surface area contributed by atoms with Gasteiger partial charge < -0.3 is 10.2 Å². The number of carbonyl (C=O) groups is 1. The number of nitrogens with zero attached hydrogens (tertiary/aromatic N) is 2. The van der Waals surface area contributed by atoms with Crippen molar-refractivity contribution in [2.75, 3.05) is 27.2 Å². The van der Waals surface area contributed by atoms with Crippen molar-refractivity contribution in [3.8, 4) is 0 Å². The van der Waals surface area contributed by atoms with E-state index in [-0.39, 0.29) is 16.8 Å². The molecule has 0 bridgehead atoms. The van der Waals surface area contributed by atoms with Gasteiger partial charge in [0.2, 0.25) is 5.91 Å². The second-order valence-electron chi connectivity index (χ2n) is 6.73. The van der Waals surface area contributed by atoms with Gasteiger partial charge >= 0.3 is 0 Å². The molecule has 1 aromatic carbocycles. The largest absolute Gasteiger partial charge is 0.354 e. The molecule has 2 aromatic rings. The zero-order chi connectivity index (χ0) is 20.1. The van der Waals surface area contributed by atoms with Crippen molar-refractivity contribution in [3.05, 3.63) is 52.2 Å². The Balaban J connectivity index is 1.48. The summed E-state index contributed by atoms with van der Waals surface area (Å²) in [4.78, 5) is 20.0. The van der Waals surface area contributed by atoms with Gasteiger partial charge in [0.1, 0.15) is 5.84 Å². The van der Waals surface area contributed by atoms with Gasteiger partial charge in [-0.15, -0.1) is 11.3 Å². The molecular weight excluding hydrogens is 396 g/mol. The van der Waals surface area contributed by atoms with Crippen LogP contribution < -0.4 is 10.0 Å². The molecule has 1 aromatic heterocycles. The molecular formula is C19H24N4O3S2. The number of fused-ring (bicyclic) bond motifs is 1. The first kappa shape index (κ1) is 20.5. The topological polar surface area (TPSA) is 90.9 Å². The number of aliphatic imine (C=N–C) groups is 1. The second-order valence-corrected chi connectivity index (χ2v) is 9.36. The highest BCUT2D eigenvalue weighted by Crippen LogP contribution is 2.23. The molecule has 1 amide bonds. The third-order valence-electron chi connectivity index (χ3n) is 4.48. The molecule has 0 fully saturated rings. The van der Waals surface area contributed by atoms with Gasteiger partial charge in [-0.05, 0) is 44.1 Å². The average Bonchev–Trinajstić information content (AvgIpc) is 3.26. The van der Waals surface area contributed by atoms with Gasteiger partial charge in [-0.25, -0.2) is 8.42 Å². The number of sulfonamides is 1. The first-order valence-corrected chi connectivity index (χ1v) is 11.4. The quantitative estimate of drug-likeness (QED) is 0.639. The van der Waals surface area contributed by atoms with Crippen LogP contribution in [0.25, 0.3) is 0 Å². The first-order chi connectivity index (χ1) is 13.4. The van der Waals surface area contributed by atoms with E-state index in [0.29, 0.717) is 37.3 Å². The molecule has 2 N–H and O–H groups in total. The molecule has 0 aliphatic carbocycles. The Kier molecular flexibility index (Phi) is 6.48. The summed E-state index contributed by atoms with van der Waals surface area (Å²) in [7, 11) is 0.467. The predicted molar refractivity (Wildman–Crippen MR) is 111 cm³/mol. The number of hydrogen-bond acceptors (Lipinski definition) is 6. The summed E-state index contributed by atoms with van der Waals surface area (Å²) < 4.78 is 26.6. The minimum Gasteiger partial charge on any atom is -0.354 e. The van der Waals surface area contributed by atoms with E-state index < -0.39 is 10.0 Å². The maximum absolute atomic E-state index is 12.2. The summed E-state index contributed by atoms with van der Waals surface area (Å²) in [5, 5.41) is 5.01. The maximum Gasteiger partial charge on any atom is 0.263 e. The van der Waals surface area contributed by atoms with Crippen LogP contribution >= 0.6 is 11.3 Å². The molecule has 1 aliphatic heterocycles. The lowest BCUT2D eigenvalue weighted by atomic mass is 10.2. The molecule has 9 heteroatoms. The van der Waals surface area contributed by atoms with Crippen LogP contribution in [0.15, 0.2) is 51.7 Å². The molecule has 0 unspecified atom stereocenters. The predicted octanol–water partition coefficient (Wildman–Crippen LogP) is 1.99. The van der Waals surface area contributed by atoms with Crippen LogP contribution in [0.4, 0.5) is 0 Å². The third kappa shape index (κ3) is 4.78. The van der Waals surface area contributed by atoms with E-state index in [1.54, 1.807) is 35.6 Å². The zero-order valence-electron chi connectivity index (χ0n) is 15.9. The number of nitrogens with one attached hydrogen (secondary N) is 2. The molecule has 0 radical (unpaired) electrons. The standard InChI is InChI=1S/C19H24N4O3S2/c1-23(2)15(16-8-6-12-27-16)13-21-18(24)10-5-11-20-19-14-7-3-4-9-17(14)28(25,26)22-19/h3-4,6-9,12,15H,5,10-11,13H2,1-2H3,(H,20,22)(H,21,24)/t15-/m0/s1. The lowest BCUT2D eigenvalue weighted by Crippen LogP contribution is -2.34. The van der Waals surface area contributed by atoms with E-state index in [0.717, 1.165) is 0 Å². The smallest absolute Gasteiger partial charge is 0.263 e. The number of thiophene rings is 1. The lowest BCUT2D eigenvalue weighted by Gasteiger charge is -2.23. The normalized spacial score (nSPS) is 17.3. The Hall–Kier alpha value is -2.23. The molecule has 0 saturated heterocycles. The summed E-state index contributed by atoms with van der Waals surface area (Å²) in [5.41, 5.74) is 0.580. The van der Waals surface area contributed by atoms with Crippen molar-refractivity contribution < 1.29 is 13.2 Å². The van der Waals surface area contributed by atoms with E-state index in [4.69, 9.17) is 0 Å². The van der Waals surface area contributed by atoms with E-state index in [1.165, 1.54) is 4.88 Å². The molecule has 1 aliphatic rings. The Morgan fingerprint density at radius 2 is 2.04 bits per heavy atom. The Bertz CT molecular complexity index is 953. The second kappa shape index (κ2) is 8.85. The van der Waals surface area contributed by atoms with Crippen LogP contribution in [0, 0.1) is 0 Å². The first-order valence-electron chi connectivity index (χ1n) is 9.01. The number of rotatable bonds is 8. The van der Waals surface area contributed by atoms with E-state index in [2.05, 4.69) is 26.0 Å². The molecule has 28 heavy (non-hydrogen) atoms. The number of amides is 1. The summed E-state index contributed by atoms with van der Waals surface area (Å²) in [6, 6.07) is 11.0. The third-order valence-corrected chi connectivity index (χ3v) is 6.85. The monoisotopic (exact) mass is 420 g/mol. The van der Waals surface area contributed by atoms with Crippen molar-refractivity contribution in [1.29, 1.82) is 0 Å². The number of amidine groups is 1. The van der Waals surface area contributed by atoms with Gasteiger partial charge in [0, 0.05) is 30.0 Å². The van der Waals surface area contributed by atoms with Crippen LogP contribution in [0.3, 0.4) is 0 Å². The lowest BCUT2D eigenvalue weighted by molar-refractivity contribution is -0.121. The molecule has 150 valence electrons. The number of likely N-dealkylation sites (N-methyl/N-ethyl adjacent to an activating group) is 1. The van der Waals surface area contributed by atoms with Crippen LogP contribution in [0.1, 0.15) is 29.3 Å². The van der Waals surface area contributed by atoms with Crippen molar-refractivity contribution in [2.24, 2.45) is 4.99 Å². The van der Waals surface area contributed by atoms with Crippen LogP contribution in [0.5, 0.6) is 0 Å². The highest BCUT2D eigenvalue weighted by molar-refractivity contribution is 7.90. The van der Waals surface area contributed by atoms with E-state index >= 15 is 0 Å². The van der Waals surface area contributed by atoms with Gasteiger partial charge in [-0.3, -0.25) is 14.5 Å². The van der Waals surface area contributed by atoms with Gasteiger partial charge in [-0.1, -0.05) is 18.2 Å². The highest BCUT2D eigenvalue weighted by Gasteiger charge is 2.29. The van der Waals surface area contributed by atoms with Gasteiger partial charge in [0.25, 0.3) is 10.0 Å². The summed E-state index contributed by atoms with van der Waals surface area (Å²) in [6.45, 7) is 0.926. The van der Waals surface area contributed by atoms with Crippen LogP contribution in [0.2, 0.25) is 0 Å². The van der Waals surface area contributed by atoms with Gasteiger partial charge in [0.15, 0.2) is 0 Å². The van der Waals surface area contributed by atoms with Crippen molar-refractivity contribution in [3.63, 3.8) is 0 Å². The fourth-order valence-electron chi connectivity index (χ4n) is 3.00. The number of hydrogen-bond donors (Lipinski definition) is 2. The molecule has 0 spiro atoms. The number of carbonyl (C=O) groups excluding carboxylic acids is 1.